The Morgan fingerprint density at radius 2 is 1.77 bits per heavy atom. The van der Waals surface area contributed by atoms with Gasteiger partial charge in [-0.2, -0.15) is 0 Å². The minimum Gasteiger partial charge on any atom is -0.484 e. The molecule has 1 fully saturated rings. The van der Waals surface area contributed by atoms with Crippen LogP contribution in [0.2, 0.25) is 5.02 Å². The van der Waals surface area contributed by atoms with Crippen LogP contribution in [0.1, 0.15) is 30.1 Å². The predicted octanol–water partition coefficient (Wildman–Crippen LogP) is 3.13. The molecule has 0 spiro atoms. The fourth-order valence-corrected chi connectivity index (χ4v) is 4.64. The number of hydrogen-bond donors (Lipinski definition) is 1. The summed E-state index contributed by atoms with van der Waals surface area (Å²) in [6.07, 6.45) is 3.24. The largest absolute Gasteiger partial charge is 0.484 e. The van der Waals surface area contributed by atoms with Gasteiger partial charge in [0.2, 0.25) is 10.0 Å². The van der Waals surface area contributed by atoms with Crippen molar-refractivity contribution in [1.29, 1.82) is 0 Å². The van der Waals surface area contributed by atoms with E-state index >= 15 is 0 Å². The highest BCUT2D eigenvalue weighted by molar-refractivity contribution is 7.89. The zero-order valence-electron chi connectivity index (χ0n) is 14.3. The Balaban J connectivity index is 1.64. The Kier molecular flexibility index (Phi) is 4.69. The van der Waals surface area contributed by atoms with Gasteiger partial charge in [-0.05, 0) is 79.9 Å². The van der Waals surface area contributed by atoms with Gasteiger partial charge in [0.25, 0.3) is 0 Å². The van der Waals surface area contributed by atoms with Crippen molar-refractivity contribution in [3.05, 3.63) is 58.6 Å². The Labute approximate surface area is 158 Å². The lowest BCUT2D eigenvalue weighted by Gasteiger charge is -2.30. The topological polar surface area (TPSA) is 72.6 Å². The number of hydrogen-bond acceptors (Lipinski definition) is 4. The molecule has 1 saturated heterocycles. The second-order valence-corrected chi connectivity index (χ2v) is 8.91. The molecule has 2 aromatic rings. The number of halogens is 1. The Morgan fingerprint density at radius 3 is 2.42 bits per heavy atom. The van der Waals surface area contributed by atoms with Gasteiger partial charge in [0, 0.05) is 5.02 Å². The molecule has 2 aliphatic rings. The maximum absolute atomic E-state index is 11.4. The van der Waals surface area contributed by atoms with Crippen molar-refractivity contribution in [3.63, 3.8) is 0 Å². The normalized spacial score (nSPS) is 23.2. The molecule has 1 aliphatic heterocycles. The van der Waals surface area contributed by atoms with Crippen LogP contribution in [0.3, 0.4) is 0 Å². The number of benzene rings is 2. The van der Waals surface area contributed by atoms with Crippen LogP contribution in [0.5, 0.6) is 5.75 Å². The van der Waals surface area contributed by atoms with Crippen molar-refractivity contribution >= 4 is 21.6 Å². The Bertz CT molecular complexity index is 909. The quantitative estimate of drug-likeness (QED) is 0.867. The lowest BCUT2D eigenvalue weighted by Crippen LogP contribution is -2.38. The number of nitrogens with two attached hydrogens (primary N) is 1. The molecule has 2 atom stereocenters. The average Bonchev–Trinajstić information content (AvgIpc) is 3.23. The van der Waals surface area contributed by atoms with Crippen LogP contribution in [0.4, 0.5) is 0 Å². The zero-order chi connectivity index (χ0) is 18.3. The summed E-state index contributed by atoms with van der Waals surface area (Å²) in [6.45, 7) is 2.16. The summed E-state index contributed by atoms with van der Waals surface area (Å²) in [5.41, 5.74) is 2.38. The molecule has 0 amide bonds. The van der Waals surface area contributed by atoms with Gasteiger partial charge >= 0.3 is 0 Å². The van der Waals surface area contributed by atoms with Gasteiger partial charge in [-0.1, -0.05) is 17.7 Å². The molecule has 0 bridgehead atoms. The molecule has 0 unspecified atom stereocenters. The number of likely N-dealkylation sites (tertiary alicyclic amines) is 1. The molecular formula is C19H21ClN2O3S. The molecular weight excluding hydrogens is 372 g/mol. The predicted molar refractivity (Wildman–Crippen MR) is 101 cm³/mol. The second-order valence-electron chi connectivity index (χ2n) is 6.91. The van der Waals surface area contributed by atoms with E-state index in [2.05, 4.69) is 11.0 Å². The second kappa shape index (κ2) is 6.85. The SMILES string of the molecule is NS(=O)(=O)c1ccc(O[C@H]2c3cc(Cl)ccc3C[C@@H]2N2CCCC2)cc1. The highest BCUT2D eigenvalue weighted by atomic mass is 35.5. The number of rotatable bonds is 4. The highest BCUT2D eigenvalue weighted by Crippen LogP contribution is 2.40. The van der Waals surface area contributed by atoms with Crippen LogP contribution < -0.4 is 9.88 Å². The fraction of sp³-hybridized carbons (Fsp3) is 0.368. The maximum Gasteiger partial charge on any atom is 0.238 e. The van der Waals surface area contributed by atoms with Gasteiger partial charge in [0.05, 0.1) is 10.9 Å². The summed E-state index contributed by atoms with van der Waals surface area (Å²) in [4.78, 5) is 2.56. The summed E-state index contributed by atoms with van der Waals surface area (Å²) in [7, 11) is -3.71. The third kappa shape index (κ3) is 3.47. The summed E-state index contributed by atoms with van der Waals surface area (Å²) in [6, 6.07) is 12.5. The van der Waals surface area contributed by atoms with Crippen LogP contribution in [-0.2, 0) is 16.4 Å². The van der Waals surface area contributed by atoms with Gasteiger partial charge in [0.15, 0.2) is 0 Å². The number of ether oxygens (including phenoxy) is 1. The van der Waals surface area contributed by atoms with Crippen LogP contribution >= 0.6 is 11.6 Å². The van der Waals surface area contributed by atoms with Crippen molar-refractivity contribution in [2.24, 2.45) is 5.14 Å². The lowest BCUT2D eigenvalue weighted by molar-refractivity contribution is 0.0941. The van der Waals surface area contributed by atoms with E-state index in [1.54, 1.807) is 12.1 Å². The van der Waals surface area contributed by atoms with Crippen LogP contribution in [0.15, 0.2) is 47.4 Å². The number of nitrogens with zero attached hydrogens (tertiary/aromatic N) is 1. The molecule has 2 aromatic carbocycles. The minimum absolute atomic E-state index is 0.0795. The van der Waals surface area contributed by atoms with Crippen molar-refractivity contribution < 1.29 is 13.2 Å². The number of sulfonamides is 1. The maximum atomic E-state index is 11.4. The van der Waals surface area contributed by atoms with E-state index in [0.29, 0.717) is 10.8 Å². The van der Waals surface area contributed by atoms with Crippen LogP contribution in [0, 0.1) is 0 Å². The lowest BCUT2D eigenvalue weighted by atomic mass is 10.1. The highest BCUT2D eigenvalue weighted by Gasteiger charge is 2.39. The van der Waals surface area contributed by atoms with Crippen molar-refractivity contribution in [2.75, 3.05) is 13.1 Å². The molecule has 2 N–H and O–H groups in total. The van der Waals surface area contributed by atoms with E-state index in [1.165, 1.54) is 30.5 Å². The fourth-order valence-electron chi connectivity index (χ4n) is 3.95. The van der Waals surface area contributed by atoms with Crippen LogP contribution in [0.25, 0.3) is 0 Å². The molecule has 1 aliphatic carbocycles. The van der Waals surface area contributed by atoms with Gasteiger partial charge < -0.3 is 4.74 Å². The monoisotopic (exact) mass is 392 g/mol. The third-order valence-electron chi connectivity index (χ3n) is 5.22. The van der Waals surface area contributed by atoms with E-state index in [0.717, 1.165) is 25.1 Å². The molecule has 0 radical (unpaired) electrons. The third-order valence-corrected chi connectivity index (χ3v) is 6.38. The van der Waals surface area contributed by atoms with Gasteiger partial charge in [0.1, 0.15) is 11.9 Å². The molecule has 5 nitrogen and oxygen atoms in total. The number of primary sulfonamides is 1. The molecule has 0 saturated carbocycles. The smallest absolute Gasteiger partial charge is 0.238 e. The van der Waals surface area contributed by atoms with Gasteiger partial charge in [-0.25, -0.2) is 13.6 Å². The molecule has 7 heteroatoms. The average molecular weight is 393 g/mol. The molecule has 1 heterocycles. The Morgan fingerprint density at radius 1 is 1.08 bits per heavy atom. The van der Waals surface area contributed by atoms with E-state index in [-0.39, 0.29) is 17.0 Å². The van der Waals surface area contributed by atoms with E-state index in [9.17, 15) is 8.42 Å². The summed E-state index contributed by atoms with van der Waals surface area (Å²) >= 11 is 6.22. The minimum atomic E-state index is -3.71. The molecule has 4 rings (SSSR count). The first kappa shape index (κ1) is 17.8. The number of fused-ring (bicyclic) bond motifs is 1. The van der Waals surface area contributed by atoms with E-state index < -0.39 is 10.0 Å². The van der Waals surface area contributed by atoms with Crippen molar-refractivity contribution in [2.45, 2.75) is 36.3 Å². The van der Waals surface area contributed by atoms with Gasteiger partial charge in [-0.3, -0.25) is 4.90 Å². The molecule has 0 aromatic heterocycles. The summed E-state index contributed by atoms with van der Waals surface area (Å²) in [5.74, 6) is 0.624. The first-order valence-electron chi connectivity index (χ1n) is 8.74. The van der Waals surface area contributed by atoms with Gasteiger partial charge in [-0.15, -0.1) is 0 Å². The van der Waals surface area contributed by atoms with E-state index in [1.807, 2.05) is 12.1 Å². The standard InChI is InChI=1S/C19H21ClN2O3S/c20-14-4-3-13-11-18(22-9-1-2-10-22)19(17(13)12-14)25-15-5-7-16(8-6-15)26(21,23)24/h3-8,12,18-19H,1-2,9-11H2,(H2,21,23,24)/t18-,19-/m0/s1. The Hall–Kier alpha value is -1.60. The summed E-state index contributed by atoms with van der Waals surface area (Å²) < 4.78 is 29.2. The van der Waals surface area contributed by atoms with E-state index in [4.69, 9.17) is 21.5 Å². The van der Waals surface area contributed by atoms with Crippen molar-refractivity contribution in [1.82, 2.24) is 4.90 Å². The molecule has 26 heavy (non-hydrogen) atoms. The summed E-state index contributed by atoms with van der Waals surface area (Å²) in [5, 5.41) is 5.86. The van der Waals surface area contributed by atoms with Crippen molar-refractivity contribution in [3.8, 4) is 5.75 Å². The molecule has 138 valence electrons. The van der Waals surface area contributed by atoms with Crippen LogP contribution in [-0.4, -0.2) is 32.4 Å². The first-order chi connectivity index (χ1) is 12.4. The zero-order valence-corrected chi connectivity index (χ0v) is 15.8. The first-order valence-corrected chi connectivity index (χ1v) is 10.7.